The first-order valence-corrected chi connectivity index (χ1v) is 4.11. The lowest BCUT2D eigenvalue weighted by Gasteiger charge is -2.11. The van der Waals surface area contributed by atoms with E-state index in [9.17, 15) is 4.79 Å². The quantitative estimate of drug-likeness (QED) is 0.657. The Balaban J connectivity index is 2.17. The molecule has 1 aromatic rings. The third kappa shape index (κ3) is 1.40. The Labute approximate surface area is 74.8 Å². The van der Waals surface area contributed by atoms with E-state index in [0.717, 1.165) is 6.42 Å². The molecule has 1 aromatic heterocycles. The van der Waals surface area contributed by atoms with E-state index < -0.39 is 0 Å². The molecule has 0 radical (unpaired) electrons. The van der Waals surface area contributed by atoms with Gasteiger partial charge in [0.15, 0.2) is 5.69 Å². The van der Waals surface area contributed by atoms with Gasteiger partial charge in [0.1, 0.15) is 0 Å². The normalized spacial score (nSPS) is 16.5. The van der Waals surface area contributed by atoms with Gasteiger partial charge in [-0.2, -0.15) is 15.4 Å². The number of nitrogens with one attached hydrogen (secondary N) is 1. The molecule has 1 amide bonds. The summed E-state index contributed by atoms with van der Waals surface area (Å²) in [6.07, 6.45) is 0.878. The molecule has 0 spiro atoms. The summed E-state index contributed by atoms with van der Waals surface area (Å²) in [7, 11) is 0. The van der Waals surface area contributed by atoms with Crippen molar-refractivity contribution in [2.45, 2.75) is 13.3 Å². The number of amides is 1. The molecule has 70 valence electrons. The first kappa shape index (κ1) is 8.18. The number of carbonyl (C=O) groups is 1. The number of hydroxylamine groups is 2. The Hall–Kier alpha value is -1.43. The molecule has 1 aliphatic rings. The molecule has 6 heteroatoms. The van der Waals surface area contributed by atoms with Crippen LogP contribution in [0, 0.1) is 6.92 Å². The highest BCUT2D eigenvalue weighted by molar-refractivity contribution is 5.92. The maximum absolute atomic E-state index is 11.6. The topological polar surface area (TPSA) is 71.1 Å². The molecule has 0 bridgehead atoms. The second-order valence-electron chi connectivity index (χ2n) is 2.85. The van der Waals surface area contributed by atoms with Crippen LogP contribution in [0.15, 0.2) is 0 Å². The minimum absolute atomic E-state index is 0.219. The van der Waals surface area contributed by atoms with E-state index in [0.29, 0.717) is 24.5 Å². The summed E-state index contributed by atoms with van der Waals surface area (Å²) in [6.45, 7) is 2.96. The molecule has 2 heterocycles. The number of aryl methyl sites for hydroxylation is 1. The van der Waals surface area contributed by atoms with E-state index in [1.165, 1.54) is 5.06 Å². The van der Waals surface area contributed by atoms with Crippen molar-refractivity contribution in [3.8, 4) is 0 Å². The maximum Gasteiger partial charge on any atom is 0.299 e. The Morgan fingerprint density at radius 3 is 3.00 bits per heavy atom. The second kappa shape index (κ2) is 3.14. The number of carbonyl (C=O) groups excluding carboxylic acids is 1. The molecule has 6 nitrogen and oxygen atoms in total. The first-order chi connectivity index (χ1) is 6.29. The van der Waals surface area contributed by atoms with Gasteiger partial charge in [0.25, 0.3) is 5.91 Å². The Morgan fingerprint density at radius 2 is 2.46 bits per heavy atom. The van der Waals surface area contributed by atoms with Crippen molar-refractivity contribution in [2.24, 2.45) is 0 Å². The van der Waals surface area contributed by atoms with Crippen LogP contribution in [0.3, 0.4) is 0 Å². The number of rotatable bonds is 1. The molecular weight excluding hydrogens is 172 g/mol. The molecule has 1 fully saturated rings. The lowest BCUT2D eigenvalue weighted by molar-refractivity contribution is -0.0772. The van der Waals surface area contributed by atoms with Crippen LogP contribution in [-0.2, 0) is 4.84 Å². The Morgan fingerprint density at radius 1 is 1.62 bits per heavy atom. The fourth-order valence-electron chi connectivity index (χ4n) is 1.21. The molecule has 1 saturated heterocycles. The van der Waals surface area contributed by atoms with Crippen molar-refractivity contribution in [1.82, 2.24) is 20.5 Å². The zero-order chi connectivity index (χ0) is 9.26. The van der Waals surface area contributed by atoms with Gasteiger partial charge in [0.05, 0.1) is 18.8 Å². The summed E-state index contributed by atoms with van der Waals surface area (Å²) < 4.78 is 0. The summed E-state index contributed by atoms with van der Waals surface area (Å²) >= 11 is 0. The summed E-state index contributed by atoms with van der Waals surface area (Å²) in [4.78, 5) is 16.7. The van der Waals surface area contributed by atoms with Crippen molar-refractivity contribution < 1.29 is 9.63 Å². The van der Waals surface area contributed by atoms with Gasteiger partial charge in [-0.25, -0.2) is 5.06 Å². The van der Waals surface area contributed by atoms with E-state index in [-0.39, 0.29) is 5.91 Å². The number of nitrogens with zero attached hydrogens (tertiary/aromatic N) is 3. The van der Waals surface area contributed by atoms with E-state index in [4.69, 9.17) is 4.84 Å². The molecule has 0 unspecified atom stereocenters. The highest BCUT2D eigenvalue weighted by Gasteiger charge is 2.24. The Kier molecular flexibility index (Phi) is 1.97. The summed E-state index contributed by atoms with van der Waals surface area (Å²) in [5, 5.41) is 11.2. The zero-order valence-electron chi connectivity index (χ0n) is 7.28. The van der Waals surface area contributed by atoms with Crippen LogP contribution >= 0.6 is 0 Å². The smallest absolute Gasteiger partial charge is 0.271 e. The number of hydrogen-bond acceptors (Lipinski definition) is 4. The number of hydrogen-bond donors (Lipinski definition) is 1. The summed E-state index contributed by atoms with van der Waals surface area (Å²) in [5.74, 6) is -0.219. The second-order valence-corrected chi connectivity index (χ2v) is 2.85. The SMILES string of the molecule is Cc1n[nH]nc1C(=O)N1CCCO1. The van der Waals surface area contributed by atoms with Crippen LogP contribution in [0.1, 0.15) is 22.6 Å². The highest BCUT2D eigenvalue weighted by Crippen LogP contribution is 2.10. The van der Waals surface area contributed by atoms with Crippen molar-refractivity contribution in [3.63, 3.8) is 0 Å². The van der Waals surface area contributed by atoms with Gasteiger partial charge < -0.3 is 0 Å². The molecule has 0 aromatic carbocycles. The van der Waals surface area contributed by atoms with Gasteiger partial charge in [-0.05, 0) is 13.3 Å². The number of aromatic amines is 1. The zero-order valence-corrected chi connectivity index (χ0v) is 7.28. The lowest BCUT2D eigenvalue weighted by atomic mass is 10.3. The maximum atomic E-state index is 11.6. The van der Waals surface area contributed by atoms with Crippen LogP contribution < -0.4 is 0 Å². The van der Waals surface area contributed by atoms with Crippen LogP contribution in [0.2, 0.25) is 0 Å². The predicted octanol–water partition coefficient (Wildman–Crippen LogP) is -0.109. The Bertz CT molecular complexity index is 316. The molecule has 13 heavy (non-hydrogen) atoms. The fourth-order valence-corrected chi connectivity index (χ4v) is 1.21. The highest BCUT2D eigenvalue weighted by atomic mass is 16.7. The van der Waals surface area contributed by atoms with E-state index in [1.807, 2.05) is 0 Å². The first-order valence-electron chi connectivity index (χ1n) is 4.11. The molecule has 0 aliphatic carbocycles. The molecule has 1 aliphatic heterocycles. The molecule has 0 saturated carbocycles. The van der Waals surface area contributed by atoms with Gasteiger partial charge in [-0.15, -0.1) is 0 Å². The molecule has 1 N–H and O–H groups in total. The van der Waals surface area contributed by atoms with Crippen molar-refractivity contribution in [3.05, 3.63) is 11.4 Å². The summed E-state index contributed by atoms with van der Waals surface area (Å²) in [6, 6.07) is 0. The average molecular weight is 182 g/mol. The molecule has 2 rings (SSSR count). The van der Waals surface area contributed by atoms with E-state index >= 15 is 0 Å². The van der Waals surface area contributed by atoms with E-state index in [2.05, 4.69) is 15.4 Å². The van der Waals surface area contributed by atoms with Crippen molar-refractivity contribution in [2.75, 3.05) is 13.2 Å². The van der Waals surface area contributed by atoms with Crippen molar-refractivity contribution in [1.29, 1.82) is 0 Å². The van der Waals surface area contributed by atoms with Gasteiger partial charge in [0.2, 0.25) is 0 Å². The van der Waals surface area contributed by atoms with Crippen LogP contribution in [0.4, 0.5) is 0 Å². The van der Waals surface area contributed by atoms with Gasteiger partial charge >= 0.3 is 0 Å². The molecule has 0 atom stereocenters. The minimum atomic E-state index is -0.219. The van der Waals surface area contributed by atoms with Crippen molar-refractivity contribution >= 4 is 5.91 Å². The van der Waals surface area contributed by atoms with Crippen LogP contribution in [0.25, 0.3) is 0 Å². The molecular formula is C7H10N4O2. The standard InChI is InChI=1S/C7H10N4O2/c1-5-6(9-10-8-5)7(12)11-3-2-4-13-11/h2-4H2,1H3,(H,8,9,10). The largest absolute Gasteiger partial charge is 0.299 e. The number of aromatic nitrogens is 3. The lowest BCUT2D eigenvalue weighted by Crippen LogP contribution is -2.27. The van der Waals surface area contributed by atoms with Crippen LogP contribution in [-0.4, -0.2) is 39.5 Å². The van der Waals surface area contributed by atoms with E-state index in [1.54, 1.807) is 6.92 Å². The predicted molar refractivity (Wildman–Crippen MR) is 42.7 cm³/mol. The third-order valence-electron chi connectivity index (χ3n) is 1.90. The average Bonchev–Trinajstić information content (AvgIpc) is 2.72. The van der Waals surface area contributed by atoms with Crippen LogP contribution in [0.5, 0.6) is 0 Å². The number of H-pyrrole nitrogens is 1. The third-order valence-corrected chi connectivity index (χ3v) is 1.90. The van der Waals surface area contributed by atoms with Gasteiger partial charge in [-0.3, -0.25) is 9.63 Å². The monoisotopic (exact) mass is 182 g/mol. The van der Waals surface area contributed by atoms with Gasteiger partial charge in [-0.1, -0.05) is 0 Å². The minimum Gasteiger partial charge on any atom is -0.271 e. The fraction of sp³-hybridized carbons (Fsp3) is 0.571. The van der Waals surface area contributed by atoms with Gasteiger partial charge in [0, 0.05) is 0 Å². The summed E-state index contributed by atoms with van der Waals surface area (Å²) in [5.41, 5.74) is 0.933.